The van der Waals surface area contributed by atoms with Crippen molar-refractivity contribution in [1.82, 2.24) is 14.8 Å². The molecule has 0 aliphatic heterocycles. The second-order valence-corrected chi connectivity index (χ2v) is 9.36. The Hall–Kier alpha value is -3.45. The van der Waals surface area contributed by atoms with E-state index in [-0.39, 0.29) is 46.8 Å². The second-order valence-electron chi connectivity index (χ2n) is 7.40. The Morgan fingerprint density at radius 1 is 1.08 bits per heavy atom. The highest BCUT2D eigenvalue weighted by Gasteiger charge is 2.27. The molecule has 0 saturated heterocycles. The maximum Gasteiger partial charge on any atom is 0.348 e. The van der Waals surface area contributed by atoms with Crippen LogP contribution in [0, 0.1) is 12.7 Å². The van der Waals surface area contributed by atoms with Gasteiger partial charge in [0.1, 0.15) is 16.5 Å². The molecule has 13 heteroatoms. The topological polar surface area (TPSA) is 122 Å². The van der Waals surface area contributed by atoms with Crippen LogP contribution in [0.15, 0.2) is 29.4 Å². The van der Waals surface area contributed by atoms with Crippen molar-refractivity contribution < 1.29 is 33.0 Å². The summed E-state index contributed by atoms with van der Waals surface area (Å²) in [6.07, 6.45) is 0. The minimum absolute atomic E-state index is 0.00252. The lowest BCUT2D eigenvalue weighted by Gasteiger charge is -2.09. The molecular weight excluding hydrogens is 523 g/mol. The summed E-state index contributed by atoms with van der Waals surface area (Å²) in [7, 11) is 0. The normalized spacial score (nSPS) is 10.7. The van der Waals surface area contributed by atoms with Crippen LogP contribution < -0.4 is 10.1 Å². The third-order valence-corrected chi connectivity index (χ3v) is 7.13. The third kappa shape index (κ3) is 6.86. The summed E-state index contributed by atoms with van der Waals surface area (Å²) < 4.78 is 31.3. The molecule has 0 bridgehead atoms. The number of rotatable bonds is 12. The Balaban J connectivity index is 1.70. The van der Waals surface area contributed by atoms with Crippen LogP contribution in [0.25, 0.3) is 0 Å². The summed E-state index contributed by atoms with van der Waals surface area (Å²) in [4.78, 5) is 37.8. The van der Waals surface area contributed by atoms with Crippen molar-refractivity contribution in [3.63, 3.8) is 0 Å². The third-order valence-electron chi connectivity index (χ3n) is 4.98. The number of esters is 2. The maximum absolute atomic E-state index is 13.8. The van der Waals surface area contributed by atoms with E-state index in [1.807, 2.05) is 6.92 Å². The minimum Gasteiger partial charge on any atom is -0.483 e. The van der Waals surface area contributed by atoms with Gasteiger partial charge in [-0.05, 0) is 45.4 Å². The number of carbonyl (C=O) groups excluding carboxylic acids is 3. The van der Waals surface area contributed by atoms with Crippen molar-refractivity contribution in [2.45, 2.75) is 46.0 Å². The molecule has 0 spiro atoms. The number of thioether (sulfide) groups is 1. The van der Waals surface area contributed by atoms with Gasteiger partial charge in [0.15, 0.2) is 22.5 Å². The smallest absolute Gasteiger partial charge is 0.348 e. The summed E-state index contributed by atoms with van der Waals surface area (Å²) in [5.41, 5.74) is 0.507. The molecule has 3 rings (SSSR count). The Labute approximate surface area is 221 Å². The van der Waals surface area contributed by atoms with Crippen molar-refractivity contribution in [2.24, 2.45) is 0 Å². The van der Waals surface area contributed by atoms with Crippen LogP contribution in [0.4, 0.5) is 9.39 Å². The number of amides is 1. The SMILES string of the molecule is CCOC(=O)c1sc(NC(=O)CSc2nnc(COc3ccccc3F)n2CC)c(C(=O)OCC)c1C. The largest absolute Gasteiger partial charge is 0.483 e. The van der Waals surface area contributed by atoms with E-state index in [0.717, 1.165) is 23.1 Å². The van der Waals surface area contributed by atoms with Crippen LogP contribution >= 0.6 is 23.1 Å². The van der Waals surface area contributed by atoms with Crippen molar-refractivity contribution >= 4 is 45.9 Å². The fraction of sp³-hybridized carbons (Fsp3) is 0.375. The molecule has 0 aliphatic carbocycles. The van der Waals surface area contributed by atoms with Gasteiger partial charge in [-0.3, -0.25) is 4.79 Å². The number of para-hydroxylation sites is 1. The summed E-state index contributed by atoms with van der Waals surface area (Å²) >= 11 is 2.10. The molecule has 0 saturated carbocycles. The van der Waals surface area contributed by atoms with Crippen LogP contribution in [0.1, 0.15) is 52.2 Å². The highest BCUT2D eigenvalue weighted by molar-refractivity contribution is 7.99. The fourth-order valence-corrected chi connectivity index (χ4v) is 5.22. The van der Waals surface area contributed by atoms with Gasteiger partial charge >= 0.3 is 11.9 Å². The van der Waals surface area contributed by atoms with Gasteiger partial charge in [-0.1, -0.05) is 23.9 Å². The van der Waals surface area contributed by atoms with Gasteiger partial charge in [0.05, 0.1) is 24.5 Å². The zero-order valence-corrected chi connectivity index (χ0v) is 22.5. The molecule has 10 nitrogen and oxygen atoms in total. The molecule has 198 valence electrons. The lowest BCUT2D eigenvalue weighted by atomic mass is 10.1. The number of ether oxygens (including phenoxy) is 3. The van der Waals surface area contributed by atoms with Gasteiger partial charge in [-0.2, -0.15) is 0 Å². The lowest BCUT2D eigenvalue weighted by molar-refractivity contribution is -0.113. The lowest BCUT2D eigenvalue weighted by Crippen LogP contribution is -2.17. The summed E-state index contributed by atoms with van der Waals surface area (Å²) in [6.45, 7) is 7.66. The summed E-state index contributed by atoms with van der Waals surface area (Å²) in [5.74, 6) is -1.57. The molecule has 37 heavy (non-hydrogen) atoms. The first-order valence-electron chi connectivity index (χ1n) is 11.5. The quantitative estimate of drug-likeness (QED) is 0.257. The van der Waals surface area contributed by atoms with Gasteiger partial charge in [0.2, 0.25) is 5.91 Å². The zero-order valence-electron chi connectivity index (χ0n) is 20.8. The first-order valence-corrected chi connectivity index (χ1v) is 13.3. The van der Waals surface area contributed by atoms with E-state index in [9.17, 15) is 18.8 Å². The Kier molecular flexibility index (Phi) is 10.0. The minimum atomic E-state index is -0.639. The monoisotopic (exact) mass is 550 g/mol. The first-order chi connectivity index (χ1) is 17.8. The van der Waals surface area contributed by atoms with Crippen molar-refractivity contribution in [1.29, 1.82) is 0 Å². The molecule has 1 amide bonds. The number of thiophene rings is 1. The molecule has 0 aliphatic rings. The molecule has 1 aromatic carbocycles. The molecule has 0 atom stereocenters. The Bertz CT molecular complexity index is 1280. The van der Waals surface area contributed by atoms with E-state index in [2.05, 4.69) is 15.5 Å². The molecule has 1 N–H and O–H groups in total. The maximum atomic E-state index is 13.8. The predicted octanol–water partition coefficient (Wildman–Crippen LogP) is 4.47. The number of carbonyl (C=O) groups is 3. The van der Waals surface area contributed by atoms with Gasteiger partial charge in [0.25, 0.3) is 0 Å². The first kappa shape index (κ1) is 28.1. The van der Waals surface area contributed by atoms with E-state index in [1.165, 1.54) is 12.1 Å². The van der Waals surface area contributed by atoms with Crippen LogP contribution in [-0.4, -0.2) is 51.6 Å². The average molecular weight is 551 g/mol. The molecule has 0 unspecified atom stereocenters. The van der Waals surface area contributed by atoms with E-state index >= 15 is 0 Å². The molecule has 3 aromatic rings. The number of nitrogens with one attached hydrogen (secondary N) is 1. The highest BCUT2D eigenvalue weighted by atomic mass is 32.2. The number of anilines is 1. The highest BCUT2D eigenvalue weighted by Crippen LogP contribution is 2.34. The average Bonchev–Trinajstić information content (AvgIpc) is 3.42. The number of hydrogen-bond acceptors (Lipinski definition) is 10. The molecule has 0 radical (unpaired) electrons. The fourth-order valence-electron chi connectivity index (χ4n) is 3.29. The molecule has 2 heterocycles. The molecular formula is C24H27FN4O6S2. The van der Waals surface area contributed by atoms with Crippen LogP contribution in [0.2, 0.25) is 0 Å². The summed E-state index contributed by atoms with van der Waals surface area (Å²) in [5, 5.41) is 11.6. The van der Waals surface area contributed by atoms with Gasteiger partial charge < -0.3 is 24.1 Å². The van der Waals surface area contributed by atoms with Crippen molar-refractivity contribution in [2.75, 3.05) is 24.3 Å². The summed E-state index contributed by atoms with van der Waals surface area (Å²) in [6, 6.07) is 6.06. The van der Waals surface area contributed by atoms with Crippen molar-refractivity contribution in [3.05, 3.63) is 51.9 Å². The second kappa shape index (κ2) is 13.2. The predicted molar refractivity (Wildman–Crippen MR) is 137 cm³/mol. The molecule has 0 fully saturated rings. The number of nitrogens with zero attached hydrogens (tertiary/aromatic N) is 3. The van der Waals surface area contributed by atoms with Gasteiger partial charge in [-0.15, -0.1) is 21.5 Å². The Morgan fingerprint density at radius 2 is 1.78 bits per heavy atom. The van der Waals surface area contributed by atoms with E-state index < -0.39 is 23.7 Å². The van der Waals surface area contributed by atoms with Crippen molar-refractivity contribution in [3.8, 4) is 5.75 Å². The van der Waals surface area contributed by atoms with E-state index in [1.54, 1.807) is 37.5 Å². The zero-order chi connectivity index (χ0) is 26.9. The number of benzene rings is 1. The van der Waals surface area contributed by atoms with E-state index in [0.29, 0.717) is 23.1 Å². The van der Waals surface area contributed by atoms with Gasteiger partial charge in [0, 0.05) is 6.54 Å². The standard InChI is InChI=1S/C24H27FN4O6S2/c1-5-29-17(12-35-16-11-9-8-10-15(16)25)27-28-24(29)36-13-18(30)26-21-19(22(31)33-6-2)14(4)20(37-21)23(32)34-7-3/h8-11H,5-7,12-13H2,1-4H3,(H,26,30). The van der Waals surface area contributed by atoms with Crippen LogP contribution in [0.5, 0.6) is 5.75 Å². The van der Waals surface area contributed by atoms with E-state index in [4.69, 9.17) is 14.2 Å². The number of aromatic nitrogens is 3. The number of hydrogen-bond donors (Lipinski definition) is 1. The Morgan fingerprint density at radius 3 is 2.46 bits per heavy atom. The van der Waals surface area contributed by atoms with Gasteiger partial charge in [-0.25, -0.2) is 14.0 Å². The van der Waals surface area contributed by atoms with Crippen LogP contribution in [-0.2, 0) is 27.4 Å². The van der Waals surface area contributed by atoms with Crippen LogP contribution in [0.3, 0.4) is 0 Å². The number of halogens is 1. The molecule has 2 aromatic heterocycles.